The van der Waals surface area contributed by atoms with Gasteiger partial charge in [0.1, 0.15) is 5.75 Å². The van der Waals surface area contributed by atoms with Crippen molar-refractivity contribution in [2.45, 2.75) is 56.9 Å². The van der Waals surface area contributed by atoms with Crippen LogP contribution in [0.25, 0.3) is 0 Å². The summed E-state index contributed by atoms with van der Waals surface area (Å²) in [7, 11) is 1.77. The average Bonchev–Trinajstić information content (AvgIpc) is 3.35. The minimum absolute atomic E-state index is 0. The molecule has 2 amide bonds. The summed E-state index contributed by atoms with van der Waals surface area (Å²) < 4.78 is 5.60. The van der Waals surface area contributed by atoms with Crippen molar-refractivity contribution in [3.8, 4) is 5.75 Å². The maximum Gasteiger partial charge on any atom is 0.261 e. The summed E-state index contributed by atoms with van der Waals surface area (Å²) in [6.07, 6.45) is 7.82. The number of imide groups is 1. The first-order chi connectivity index (χ1) is 15.7. The number of hydrogen-bond donors (Lipinski definition) is 0. The number of carbonyl (C=O) groups excluding carboxylic acids is 2. The number of benzene rings is 2. The zero-order chi connectivity index (χ0) is 22.1. The topological polar surface area (TPSA) is 49.9 Å². The largest absolute Gasteiger partial charge is 0.496 e. The fourth-order valence-electron chi connectivity index (χ4n) is 6.00. The second-order valence-corrected chi connectivity index (χ2v) is 9.29. The molecule has 3 aliphatic rings. The summed E-state index contributed by atoms with van der Waals surface area (Å²) >= 11 is 0. The van der Waals surface area contributed by atoms with E-state index in [4.69, 9.17) is 4.74 Å². The van der Waals surface area contributed by atoms with Gasteiger partial charge in [-0.2, -0.15) is 0 Å². The van der Waals surface area contributed by atoms with Crippen molar-refractivity contribution in [1.29, 1.82) is 0 Å². The smallest absolute Gasteiger partial charge is 0.261 e. The summed E-state index contributed by atoms with van der Waals surface area (Å²) in [5.74, 6) is 1.42. The summed E-state index contributed by atoms with van der Waals surface area (Å²) in [6, 6.07) is 14.3. The maximum atomic E-state index is 12.5. The van der Waals surface area contributed by atoms with Gasteiger partial charge in [-0.25, -0.2) is 0 Å². The first kappa shape index (κ1) is 23.8. The van der Waals surface area contributed by atoms with E-state index in [2.05, 4.69) is 23.1 Å². The fourth-order valence-corrected chi connectivity index (χ4v) is 6.00. The molecule has 0 unspecified atom stereocenters. The second kappa shape index (κ2) is 10.3. The van der Waals surface area contributed by atoms with Gasteiger partial charge in [0.2, 0.25) is 0 Å². The van der Waals surface area contributed by atoms with Gasteiger partial charge >= 0.3 is 0 Å². The number of rotatable bonds is 8. The lowest BCUT2D eigenvalue weighted by atomic mass is 9.79. The Morgan fingerprint density at radius 1 is 0.879 bits per heavy atom. The number of carbonyl (C=O) groups is 2. The van der Waals surface area contributed by atoms with Crippen molar-refractivity contribution in [2.75, 3.05) is 26.7 Å². The highest BCUT2D eigenvalue weighted by Crippen LogP contribution is 2.44. The van der Waals surface area contributed by atoms with Crippen LogP contribution >= 0.6 is 12.4 Å². The Hall–Kier alpha value is -2.37. The Morgan fingerprint density at radius 3 is 2.27 bits per heavy atom. The Balaban J connectivity index is 0.00000259. The molecule has 1 fully saturated rings. The normalized spacial score (nSPS) is 21.4. The van der Waals surface area contributed by atoms with Gasteiger partial charge in [0.05, 0.1) is 18.2 Å². The Morgan fingerprint density at radius 2 is 1.58 bits per heavy atom. The maximum absolute atomic E-state index is 12.5. The predicted octanol–water partition coefficient (Wildman–Crippen LogP) is 5.08. The first-order valence-corrected chi connectivity index (χ1v) is 12.0. The van der Waals surface area contributed by atoms with E-state index >= 15 is 0 Å². The molecule has 2 atom stereocenters. The van der Waals surface area contributed by atoms with Crippen LogP contribution in [0.1, 0.15) is 76.3 Å². The molecular weight excluding hydrogens is 436 g/mol. The van der Waals surface area contributed by atoms with Crippen LogP contribution in [-0.4, -0.2) is 54.4 Å². The van der Waals surface area contributed by atoms with Crippen molar-refractivity contribution in [2.24, 2.45) is 0 Å². The molecule has 6 heteroatoms. The van der Waals surface area contributed by atoms with Crippen LogP contribution in [0.4, 0.5) is 0 Å². The molecule has 2 aromatic rings. The molecule has 33 heavy (non-hydrogen) atoms. The molecule has 0 spiro atoms. The fraction of sp³-hybridized carbons (Fsp3) is 0.481. The van der Waals surface area contributed by atoms with Crippen LogP contribution in [0.3, 0.4) is 0 Å². The average molecular weight is 469 g/mol. The molecule has 2 heterocycles. The van der Waals surface area contributed by atoms with E-state index in [0.29, 0.717) is 29.6 Å². The Labute approximate surface area is 202 Å². The van der Waals surface area contributed by atoms with Gasteiger partial charge < -0.3 is 4.74 Å². The molecular formula is C27H33ClN2O3. The quantitative estimate of drug-likeness (QED) is 0.400. The molecule has 0 N–H and O–H groups in total. The first-order valence-electron chi connectivity index (χ1n) is 12.0. The van der Waals surface area contributed by atoms with Crippen LogP contribution in [0.2, 0.25) is 0 Å². The highest BCUT2D eigenvalue weighted by atomic mass is 35.5. The van der Waals surface area contributed by atoms with E-state index in [9.17, 15) is 9.59 Å². The molecule has 0 radical (unpaired) electrons. The zero-order valence-corrected chi connectivity index (χ0v) is 20.1. The Bertz CT molecular complexity index is 989. The van der Waals surface area contributed by atoms with E-state index in [1.807, 2.05) is 12.1 Å². The molecule has 2 aliphatic heterocycles. The molecule has 176 valence electrons. The predicted molar refractivity (Wildman–Crippen MR) is 132 cm³/mol. The van der Waals surface area contributed by atoms with Crippen molar-refractivity contribution in [1.82, 2.24) is 9.80 Å². The molecule has 0 saturated carbocycles. The SMILES string of the molecule is COc1cccc2c1CC[C@@H]1[C@H]2CCN1CCCCCCN1C(=O)c2ccccc2C1=O.Cl. The minimum atomic E-state index is -0.136. The molecule has 1 aliphatic carbocycles. The van der Waals surface area contributed by atoms with Crippen molar-refractivity contribution in [3.63, 3.8) is 0 Å². The monoisotopic (exact) mass is 468 g/mol. The number of nitrogens with zero attached hydrogens (tertiary/aromatic N) is 2. The third-order valence-electron chi connectivity index (χ3n) is 7.59. The molecule has 5 nitrogen and oxygen atoms in total. The Kier molecular flexibility index (Phi) is 7.40. The molecule has 5 rings (SSSR count). The van der Waals surface area contributed by atoms with E-state index in [0.717, 1.165) is 38.0 Å². The summed E-state index contributed by atoms with van der Waals surface area (Å²) in [5.41, 5.74) is 4.02. The molecule has 2 aromatic carbocycles. The number of methoxy groups -OCH3 is 1. The van der Waals surface area contributed by atoms with E-state index in [1.165, 1.54) is 41.8 Å². The van der Waals surface area contributed by atoms with E-state index in [-0.39, 0.29) is 24.2 Å². The molecule has 0 bridgehead atoms. The zero-order valence-electron chi connectivity index (χ0n) is 19.3. The highest BCUT2D eigenvalue weighted by molar-refractivity contribution is 6.21. The van der Waals surface area contributed by atoms with Crippen LogP contribution in [-0.2, 0) is 6.42 Å². The molecule has 0 aromatic heterocycles. The van der Waals surface area contributed by atoms with Gasteiger partial charge in [-0.3, -0.25) is 19.4 Å². The number of ether oxygens (including phenoxy) is 1. The minimum Gasteiger partial charge on any atom is -0.496 e. The van der Waals surface area contributed by atoms with Crippen LogP contribution < -0.4 is 4.74 Å². The third-order valence-corrected chi connectivity index (χ3v) is 7.59. The van der Waals surface area contributed by atoms with Crippen molar-refractivity contribution in [3.05, 3.63) is 64.7 Å². The molecule has 1 saturated heterocycles. The third kappa shape index (κ3) is 4.41. The number of amides is 2. The lowest BCUT2D eigenvalue weighted by molar-refractivity contribution is 0.0651. The van der Waals surface area contributed by atoms with E-state index < -0.39 is 0 Å². The van der Waals surface area contributed by atoms with Gasteiger partial charge in [-0.1, -0.05) is 37.1 Å². The lowest BCUT2D eigenvalue weighted by Crippen LogP contribution is -2.35. The number of hydrogen-bond acceptors (Lipinski definition) is 4. The van der Waals surface area contributed by atoms with Crippen LogP contribution in [0.15, 0.2) is 42.5 Å². The van der Waals surface area contributed by atoms with Crippen molar-refractivity contribution < 1.29 is 14.3 Å². The summed E-state index contributed by atoms with van der Waals surface area (Å²) in [6.45, 7) is 2.86. The standard InChI is InChI=1S/C27H32N2O3.ClH/c1-32-25-12-8-11-19-20-15-18-28(24(20)14-13-21(19)25)16-6-2-3-7-17-29-26(30)22-9-4-5-10-23(22)27(29)31;/h4-5,8-12,20,24H,2-3,6-7,13-18H2,1H3;1H/t20-,24+;/m0./s1. The number of fused-ring (bicyclic) bond motifs is 4. The summed E-state index contributed by atoms with van der Waals surface area (Å²) in [4.78, 5) is 29.0. The number of halogens is 1. The van der Waals surface area contributed by atoms with E-state index in [1.54, 1.807) is 19.2 Å². The van der Waals surface area contributed by atoms with Crippen molar-refractivity contribution >= 4 is 24.2 Å². The van der Waals surface area contributed by atoms with Crippen LogP contribution in [0.5, 0.6) is 5.75 Å². The lowest BCUT2D eigenvalue weighted by Gasteiger charge is -2.34. The van der Waals surface area contributed by atoms with Gasteiger partial charge in [0.25, 0.3) is 11.8 Å². The van der Waals surface area contributed by atoms with Gasteiger partial charge in [0.15, 0.2) is 0 Å². The second-order valence-electron chi connectivity index (χ2n) is 9.29. The van der Waals surface area contributed by atoms with Crippen LogP contribution in [0, 0.1) is 0 Å². The highest BCUT2D eigenvalue weighted by Gasteiger charge is 2.39. The van der Waals surface area contributed by atoms with Gasteiger partial charge in [0, 0.05) is 18.5 Å². The number of unbranched alkanes of at least 4 members (excludes halogenated alkanes) is 3. The van der Waals surface area contributed by atoms with Gasteiger partial charge in [-0.15, -0.1) is 12.4 Å². The number of likely N-dealkylation sites (tertiary alicyclic amines) is 1. The van der Waals surface area contributed by atoms with Gasteiger partial charge in [-0.05, 0) is 74.5 Å². The summed E-state index contributed by atoms with van der Waals surface area (Å²) in [5, 5.41) is 0.